The Bertz CT molecular complexity index is 552. The monoisotopic (exact) mass is 297 g/mol. The summed E-state index contributed by atoms with van der Waals surface area (Å²) in [7, 11) is 10.6. The van der Waals surface area contributed by atoms with E-state index in [4.69, 9.17) is 0 Å². The lowest BCUT2D eigenvalue weighted by atomic mass is 10.1. The van der Waals surface area contributed by atoms with Gasteiger partial charge < -0.3 is 9.80 Å². The molecule has 22 heavy (non-hydrogen) atoms. The van der Waals surface area contributed by atoms with Crippen LogP contribution in [0.5, 0.6) is 0 Å². The molecule has 0 aliphatic rings. The minimum Gasteiger partial charge on any atom is -0.377 e. The second-order valence-corrected chi connectivity index (χ2v) is 6.22. The molecule has 0 aliphatic carbocycles. The van der Waals surface area contributed by atoms with Crippen LogP contribution in [-0.2, 0) is 13.1 Å². The Balaban J connectivity index is 2.13. The molecular weight excluding hydrogens is 270 g/mol. The van der Waals surface area contributed by atoms with Crippen molar-refractivity contribution in [3.63, 3.8) is 0 Å². The molecule has 2 aromatic carbocycles. The van der Waals surface area contributed by atoms with Crippen LogP contribution in [0.2, 0.25) is 0 Å². The average molecular weight is 297 g/mol. The molecule has 0 saturated heterocycles. The van der Waals surface area contributed by atoms with Gasteiger partial charge in [0.15, 0.2) is 0 Å². The van der Waals surface area contributed by atoms with E-state index < -0.39 is 0 Å². The van der Waals surface area contributed by atoms with Gasteiger partial charge in [0.2, 0.25) is 0 Å². The first-order valence-electron chi connectivity index (χ1n) is 7.68. The Morgan fingerprint density at radius 1 is 0.591 bits per heavy atom. The first-order valence-corrected chi connectivity index (χ1v) is 7.68. The Morgan fingerprint density at radius 3 is 1.32 bits per heavy atom. The molecule has 0 atom stereocenters. The molecule has 3 nitrogen and oxygen atoms in total. The smallest absolute Gasteiger partial charge is 0.0406 e. The topological polar surface area (TPSA) is 9.72 Å². The van der Waals surface area contributed by atoms with Crippen molar-refractivity contribution >= 4 is 11.4 Å². The molecule has 0 amide bonds. The van der Waals surface area contributed by atoms with Crippen LogP contribution in [-0.4, -0.2) is 40.1 Å². The third-order valence-electron chi connectivity index (χ3n) is 3.83. The number of benzene rings is 2. The summed E-state index contributed by atoms with van der Waals surface area (Å²) in [6, 6.07) is 17.2. The van der Waals surface area contributed by atoms with E-state index in [-0.39, 0.29) is 0 Å². The van der Waals surface area contributed by atoms with Crippen LogP contribution in [0.25, 0.3) is 0 Å². The molecule has 0 spiro atoms. The minimum absolute atomic E-state index is 0.941. The zero-order valence-electron chi connectivity index (χ0n) is 14.4. The van der Waals surface area contributed by atoms with Crippen molar-refractivity contribution in [2.45, 2.75) is 13.1 Å². The molecule has 2 rings (SSSR count). The minimum atomic E-state index is 0.941. The first kappa shape index (κ1) is 16.4. The van der Waals surface area contributed by atoms with E-state index in [1.807, 2.05) is 0 Å². The maximum absolute atomic E-state index is 2.37. The third kappa shape index (κ3) is 4.01. The molecule has 0 aromatic heterocycles. The van der Waals surface area contributed by atoms with E-state index in [2.05, 4.69) is 98.5 Å². The predicted molar refractivity (Wildman–Crippen MR) is 96.7 cm³/mol. The van der Waals surface area contributed by atoms with Crippen molar-refractivity contribution in [3.8, 4) is 0 Å². The zero-order valence-corrected chi connectivity index (χ0v) is 14.4. The average Bonchev–Trinajstić information content (AvgIpc) is 2.47. The van der Waals surface area contributed by atoms with E-state index in [0.29, 0.717) is 0 Å². The zero-order chi connectivity index (χ0) is 16.1. The van der Waals surface area contributed by atoms with Gasteiger partial charge in [-0.25, -0.2) is 0 Å². The Kier molecular flexibility index (Phi) is 5.45. The van der Waals surface area contributed by atoms with E-state index in [1.54, 1.807) is 0 Å². The van der Waals surface area contributed by atoms with Gasteiger partial charge in [-0.3, -0.25) is 4.90 Å². The van der Waals surface area contributed by atoms with Crippen LogP contribution in [0.15, 0.2) is 48.5 Å². The summed E-state index contributed by atoms with van der Waals surface area (Å²) in [5, 5.41) is 0. The molecule has 0 saturated carbocycles. The van der Waals surface area contributed by atoms with Crippen LogP contribution < -0.4 is 9.80 Å². The van der Waals surface area contributed by atoms with E-state index >= 15 is 0 Å². The molecule has 0 N–H and O–H groups in total. The van der Waals surface area contributed by atoms with Crippen molar-refractivity contribution in [3.05, 3.63) is 59.7 Å². The number of anilines is 2. The maximum atomic E-state index is 2.37. The number of hydrogen-bond acceptors (Lipinski definition) is 3. The SMILES string of the molecule is CN(Cc1ccccc1N(C)C)Cc1ccccc1N(C)C. The standard InChI is InChI=1S/C19H27N3/c1-20(2)18-12-8-6-10-16(18)14-22(5)15-17-11-7-9-13-19(17)21(3)4/h6-13H,14-15H2,1-5H3. The number of para-hydroxylation sites is 2. The first-order chi connectivity index (χ1) is 10.5. The summed E-state index contributed by atoms with van der Waals surface area (Å²) in [5.74, 6) is 0. The van der Waals surface area contributed by atoms with Crippen molar-refractivity contribution in [2.75, 3.05) is 45.0 Å². The van der Waals surface area contributed by atoms with Gasteiger partial charge >= 0.3 is 0 Å². The summed E-state index contributed by atoms with van der Waals surface area (Å²) in [5.41, 5.74) is 5.29. The van der Waals surface area contributed by atoms with Crippen LogP contribution in [0, 0.1) is 0 Å². The normalized spacial score (nSPS) is 10.8. The molecule has 0 bridgehead atoms. The Morgan fingerprint density at radius 2 is 0.955 bits per heavy atom. The molecule has 118 valence electrons. The summed E-state index contributed by atoms with van der Waals surface area (Å²) in [6.45, 7) is 1.88. The molecule has 0 heterocycles. The lowest BCUT2D eigenvalue weighted by molar-refractivity contribution is 0.319. The van der Waals surface area contributed by atoms with Crippen molar-refractivity contribution in [1.29, 1.82) is 0 Å². The molecular formula is C19H27N3. The van der Waals surface area contributed by atoms with E-state index in [1.165, 1.54) is 22.5 Å². The van der Waals surface area contributed by atoms with Gasteiger partial charge in [-0.1, -0.05) is 36.4 Å². The number of rotatable bonds is 6. The highest BCUT2D eigenvalue weighted by atomic mass is 15.1. The number of hydrogen-bond donors (Lipinski definition) is 0. The predicted octanol–water partition coefficient (Wildman–Crippen LogP) is 3.45. The van der Waals surface area contributed by atoms with Crippen LogP contribution in [0.3, 0.4) is 0 Å². The number of nitrogens with zero attached hydrogens (tertiary/aromatic N) is 3. The quantitative estimate of drug-likeness (QED) is 0.808. The van der Waals surface area contributed by atoms with Gasteiger partial charge in [0.1, 0.15) is 0 Å². The largest absolute Gasteiger partial charge is 0.377 e. The van der Waals surface area contributed by atoms with Crippen LogP contribution in [0.1, 0.15) is 11.1 Å². The molecule has 2 aromatic rings. The van der Waals surface area contributed by atoms with Gasteiger partial charge in [-0.05, 0) is 30.3 Å². The highest BCUT2D eigenvalue weighted by Gasteiger charge is 2.10. The van der Waals surface area contributed by atoms with Gasteiger partial charge in [-0.15, -0.1) is 0 Å². The van der Waals surface area contributed by atoms with Crippen LogP contribution in [0.4, 0.5) is 11.4 Å². The Hall–Kier alpha value is -2.00. The molecule has 0 fully saturated rings. The fraction of sp³-hybridized carbons (Fsp3) is 0.368. The van der Waals surface area contributed by atoms with Crippen molar-refractivity contribution in [1.82, 2.24) is 4.90 Å². The van der Waals surface area contributed by atoms with Crippen molar-refractivity contribution < 1.29 is 0 Å². The fourth-order valence-electron chi connectivity index (χ4n) is 2.80. The lowest BCUT2D eigenvalue weighted by Crippen LogP contribution is -2.21. The van der Waals surface area contributed by atoms with Crippen molar-refractivity contribution in [2.24, 2.45) is 0 Å². The second-order valence-electron chi connectivity index (χ2n) is 6.22. The molecule has 0 aliphatic heterocycles. The maximum Gasteiger partial charge on any atom is 0.0406 e. The highest BCUT2D eigenvalue weighted by Crippen LogP contribution is 2.23. The van der Waals surface area contributed by atoms with Gasteiger partial charge in [0, 0.05) is 52.7 Å². The Labute approximate surface area is 134 Å². The second kappa shape index (κ2) is 7.32. The van der Waals surface area contributed by atoms with Gasteiger partial charge in [0.25, 0.3) is 0 Å². The highest BCUT2D eigenvalue weighted by molar-refractivity contribution is 5.53. The summed E-state index contributed by atoms with van der Waals surface area (Å²) < 4.78 is 0. The van der Waals surface area contributed by atoms with E-state index in [9.17, 15) is 0 Å². The molecule has 3 heteroatoms. The fourth-order valence-corrected chi connectivity index (χ4v) is 2.80. The molecule has 0 unspecified atom stereocenters. The summed E-state index contributed by atoms with van der Waals surface area (Å²) in [6.07, 6.45) is 0. The summed E-state index contributed by atoms with van der Waals surface area (Å²) >= 11 is 0. The van der Waals surface area contributed by atoms with Gasteiger partial charge in [-0.2, -0.15) is 0 Å². The third-order valence-corrected chi connectivity index (χ3v) is 3.83. The van der Waals surface area contributed by atoms with Crippen LogP contribution >= 0.6 is 0 Å². The van der Waals surface area contributed by atoms with Gasteiger partial charge in [0.05, 0.1) is 0 Å². The summed E-state index contributed by atoms with van der Waals surface area (Å²) in [4.78, 5) is 6.72. The molecule has 0 radical (unpaired) electrons. The van der Waals surface area contributed by atoms with E-state index in [0.717, 1.165) is 13.1 Å². The lowest BCUT2D eigenvalue weighted by Gasteiger charge is -2.24.